The smallest absolute Gasteiger partial charge is 0.240 e. The Hall–Kier alpha value is -3.97. The van der Waals surface area contributed by atoms with Crippen LogP contribution in [0.25, 0.3) is 11.4 Å². The Morgan fingerprint density at radius 2 is 1.79 bits per heavy atom. The van der Waals surface area contributed by atoms with Crippen molar-refractivity contribution in [1.82, 2.24) is 35.3 Å². The van der Waals surface area contributed by atoms with Crippen molar-refractivity contribution in [2.45, 2.75) is 18.7 Å². The minimum absolute atomic E-state index is 0.0390. The molecule has 0 amide bonds. The summed E-state index contributed by atoms with van der Waals surface area (Å²) in [5, 5.41) is 19.2. The summed E-state index contributed by atoms with van der Waals surface area (Å²) < 4.78 is 41.8. The van der Waals surface area contributed by atoms with Crippen molar-refractivity contribution in [2.24, 2.45) is 0 Å². The molecule has 34 heavy (non-hydrogen) atoms. The summed E-state index contributed by atoms with van der Waals surface area (Å²) in [6, 6.07) is 13.1. The first-order chi connectivity index (χ1) is 16.3. The first-order valence-corrected chi connectivity index (χ1v) is 11.7. The summed E-state index contributed by atoms with van der Waals surface area (Å²) in [5.74, 6) is 0.270. The Bertz CT molecular complexity index is 1380. The molecule has 176 valence electrons. The lowest BCUT2D eigenvalue weighted by atomic mass is 10.2. The summed E-state index contributed by atoms with van der Waals surface area (Å²) >= 11 is 0. The van der Waals surface area contributed by atoms with Crippen LogP contribution in [0.3, 0.4) is 0 Å². The number of sulfonamides is 1. The van der Waals surface area contributed by atoms with Crippen molar-refractivity contribution < 1.29 is 12.8 Å². The molecular weight excluding hydrogens is 461 g/mol. The van der Waals surface area contributed by atoms with Gasteiger partial charge >= 0.3 is 0 Å². The number of nitrogens with zero attached hydrogens (tertiary/aromatic N) is 5. The van der Waals surface area contributed by atoms with E-state index in [1.807, 2.05) is 44.2 Å². The van der Waals surface area contributed by atoms with Crippen molar-refractivity contribution >= 4 is 27.5 Å². The largest absolute Gasteiger partial charge is 0.353 e. The molecule has 0 saturated heterocycles. The highest BCUT2D eigenvalue weighted by molar-refractivity contribution is 7.89. The average molecular weight is 484 g/mol. The summed E-state index contributed by atoms with van der Waals surface area (Å²) in [5.41, 5.74) is 2.72. The first-order valence-electron chi connectivity index (χ1n) is 10.3. The van der Waals surface area contributed by atoms with Gasteiger partial charge < -0.3 is 10.6 Å². The second-order valence-electron chi connectivity index (χ2n) is 7.41. The van der Waals surface area contributed by atoms with Crippen LogP contribution in [0.2, 0.25) is 0 Å². The zero-order chi connectivity index (χ0) is 24.1. The number of rotatable bonds is 9. The molecule has 0 atom stereocenters. The van der Waals surface area contributed by atoms with Crippen LogP contribution in [0.5, 0.6) is 0 Å². The minimum Gasteiger partial charge on any atom is -0.353 e. The third kappa shape index (κ3) is 5.68. The van der Waals surface area contributed by atoms with Gasteiger partial charge in [-0.25, -0.2) is 22.5 Å². The Labute approximate surface area is 195 Å². The number of aromatic amines is 1. The molecule has 2 aromatic carbocycles. The molecule has 4 aromatic rings. The minimum atomic E-state index is -3.90. The lowest BCUT2D eigenvalue weighted by Crippen LogP contribution is -2.29. The van der Waals surface area contributed by atoms with Crippen molar-refractivity contribution in [3.8, 4) is 11.4 Å². The van der Waals surface area contributed by atoms with Gasteiger partial charge in [0.2, 0.25) is 21.8 Å². The number of benzene rings is 2. The van der Waals surface area contributed by atoms with Gasteiger partial charge in [0.25, 0.3) is 0 Å². The van der Waals surface area contributed by atoms with E-state index in [-0.39, 0.29) is 29.4 Å². The topological polar surface area (TPSA) is 150 Å². The Kier molecular flexibility index (Phi) is 6.75. The third-order valence-electron chi connectivity index (χ3n) is 4.71. The van der Waals surface area contributed by atoms with Crippen LogP contribution in [-0.4, -0.2) is 52.1 Å². The Morgan fingerprint density at radius 3 is 2.53 bits per heavy atom. The lowest BCUT2D eigenvalue weighted by Gasteiger charge is -2.11. The van der Waals surface area contributed by atoms with Crippen molar-refractivity contribution in [3.63, 3.8) is 0 Å². The molecule has 0 bridgehead atoms. The molecule has 0 aliphatic rings. The third-order valence-corrected chi connectivity index (χ3v) is 6.17. The van der Waals surface area contributed by atoms with Gasteiger partial charge in [0.05, 0.1) is 10.5 Å². The molecule has 0 aliphatic carbocycles. The molecular formula is C21H22FN9O2S. The van der Waals surface area contributed by atoms with Crippen LogP contribution in [0, 0.1) is 19.7 Å². The van der Waals surface area contributed by atoms with E-state index in [9.17, 15) is 12.8 Å². The van der Waals surface area contributed by atoms with Gasteiger partial charge in [0.15, 0.2) is 0 Å². The Morgan fingerprint density at radius 1 is 1.00 bits per heavy atom. The highest BCUT2D eigenvalue weighted by Crippen LogP contribution is 2.22. The molecule has 4 N–H and O–H groups in total. The average Bonchev–Trinajstić information content (AvgIpc) is 3.33. The van der Waals surface area contributed by atoms with E-state index in [0.29, 0.717) is 11.8 Å². The quantitative estimate of drug-likeness (QED) is 0.263. The van der Waals surface area contributed by atoms with Crippen molar-refractivity contribution in [2.75, 3.05) is 23.7 Å². The maximum Gasteiger partial charge on any atom is 0.240 e. The monoisotopic (exact) mass is 483 g/mol. The molecule has 11 nitrogen and oxygen atoms in total. The zero-order valence-electron chi connectivity index (χ0n) is 18.4. The molecule has 0 unspecified atom stereocenters. The normalized spacial score (nSPS) is 11.4. The number of hydrogen-bond acceptors (Lipinski definition) is 9. The second-order valence-corrected chi connectivity index (χ2v) is 9.18. The van der Waals surface area contributed by atoms with Crippen LogP contribution in [0.15, 0.2) is 53.4 Å². The number of aromatic nitrogens is 6. The summed E-state index contributed by atoms with van der Waals surface area (Å²) in [6.07, 6.45) is 0. The molecule has 0 saturated carbocycles. The molecule has 2 heterocycles. The fourth-order valence-corrected chi connectivity index (χ4v) is 4.12. The molecule has 2 aromatic heterocycles. The highest BCUT2D eigenvalue weighted by atomic mass is 32.2. The van der Waals surface area contributed by atoms with Crippen molar-refractivity contribution in [3.05, 3.63) is 65.6 Å². The van der Waals surface area contributed by atoms with E-state index in [0.717, 1.165) is 29.1 Å². The fourth-order valence-electron chi connectivity index (χ4n) is 3.06. The number of hydrogen-bond donors (Lipinski definition) is 4. The molecule has 4 rings (SSSR count). The zero-order valence-corrected chi connectivity index (χ0v) is 19.2. The Balaban J connectivity index is 1.37. The standard InChI is InChI=1S/C21H22FN9O2S/c1-13-3-5-15(6-4-13)26-19-11-14(2)25-21(27-19)23-9-10-24-34(32,33)16-7-8-18(22)17(12-16)20-28-30-31-29-20/h3-8,11-12,24H,9-10H2,1-2H3,(H2,23,25,26,27)(H,28,29,30,31). The van der Waals surface area contributed by atoms with E-state index in [2.05, 4.69) is 45.9 Å². The van der Waals surface area contributed by atoms with Crippen LogP contribution in [0.1, 0.15) is 11.3 Å². The summed E-state index contributed by atoms with van der Waals surface area (Å²) in [7, 11) is -3.90. The van der Waals surface area contributed by atoms with Gasteiger partial charge in [-0.05, 0) is 49.4 Å². The second kappa shape index (κ2) is 9.89. The van der Waals surface area contributed by atoms with Gasteiger partial charge in [-0.1, -0.05) is 17.7 Å². The molecule has 13 heteroatoms. The summed E-state index contributed by atoms with van der Waals surface area (Å²) in [6.45, 7) is 4.13. The van der Waals surface area contributed by atoms with Crippen LogP contribution in [0.4, 0.5) is 21.8 Å². The molecule has 0 fully saturated rings. The molecule has 0 spiro atoms. The molecule has 0 radical (unpaired) electrons. The van der Waals surface area contributed by atoms with Gasteiger partial charge in [-0.15, -0.1) is 10.2 Å². The lowest BCUT2D eigenvalue weighted by molar-refractivity contribution is 0.582. The number of aryl methyl sites for hydroxylation is 2. The van der Waals surface area contributed by atoms with Crippen LogP contribution < -0.4 is 15.4 Å². The van der Waals surface area contributed by atoms with Gasteiger partial charge in [0, 0.05) is 30.5 Å². The van der Waals surface area contributed by atoms with Gasteiger partial charge in [-0.2, -0.15) is 10.2 Å². The van der Waals surface area contributed by atoms with E-state index in [1.165, 1.54) is 6.07 Å². The maximum atomic E-state index is 14.1. The van der Waals surface area contributed by atoms with Crippen molar-refractivity contribution in [1.29, 1.82) is 0 Å². The number of nitrogens with one attached hydrogen (secondary N) is 4. The van der Waals surface area contributed by atoms with E-state index in [4.69, 9.17) is 0 Å². The number of halogens is 1. The highest BCUT2D eigenvalue weighted by Gasteiger charge is 2.18. The van der Waals surface area contributed by atoms with Crippen LogP contribution >= 0.6 is 0 Å². The number of tetrazole rings is 1. The predicted molar refractivity (Wildman–Crippen MR) is 124 cm³/mol. The summed E-state index contributed by atoms with van der Waals surface area (Å²) in [4.78, 5) is 8.63. The molecule has 0 aliphatic heterocycles. The van der Waals surface area contributed by atoms with E-state index in [1.54, 1.807) is 0 Å². The predicted octanol–water partition coefficient (Wildman–Crippen LogP) is 2.55. The van der Waals surface area contributed by atoms with Gasteiger partial charge in [-0.3, -0.25) is 0 Å². The number of anilines is 3. The van der Waals surface area contributed by atoms with E-state index >= 15 is 0 Å². The maximum absolute atomic E-state index is 14.1. The first kappa shape index (κ1) is 23.2. The SMILES string of the molecule is Cc1ccc(Nc2cc(C)nc(NCCNS(=O)(=O)c3ccc(F)c(-c4nn[nH]n4)c3)n2)cc1. The van der Waals surface area contributed by atoms with Crippen LogP contribution in [-0.2, 0) is 10.0 Å². The fraction of sp³-hybridized carbons (Fsp3) is 0.190. The van der Waals surface area contributed by atoms with Gasteiger partial charge in [0.1, 0.15) is 11.6 Å². The number of H-pyrrole nitrogens is 1. The van der Waals surface area contributed by atoms with E-state index < -0.39 is 15.8 Å².